The third-order valence-electron chi connectivity index (χ3n) is 2.47. The van der Waals surface area contributed by atoms with Crippen LogP contribution in [-0.2, 0) is 38.1 Å². The van der Waals surface area contributed by atoms with Crippen LogP contribution in [0.4, 0.5) is 4.79 Å². The molecule has 126 valence electrons. The van der Waals surface area contributed by atoms with Crippen LogP contribution in [0.5, 0.6) is 0 Å². The fourth-order valence-electron chi connectivity index (χ4n) is 1.60. The van der Waals surface area contributed by atoms with Crippen molar-refractivity contribution >= 4 is 24.1 Å². The van der Waals surface area contributed by atoms with Crippen LogP contribution < -0.4 is 0 Å². The lowest BCUT2D eigenvalue weighted by Crippen LogP contribution is -2.48. The van der Waals surface area contributed by atoms with Crippen molar-refractivity contribution in [1.29, 1.82) is 0 Å². The minimum atomic E-state index is -2.21. The molecule has 0 atom stereocenters. The van der Waals surface area contributed by atoms with Gasteiger partial charge in [0.2, 0.25) is 5.60 Å². The first-order valence-electron chi connectivity index (χ1n) is 6.51. The summed E-state index contributed by atoms with van der Waals surface area (Å²) in [5.74, 6) is -2.79. The number of hydrogen-bond acceptors (Lipinski definition) is 9. The molecule has 0 saturated heterocycles. The number of esters is 3. The lowest BCUT2D eigenvalue weighted by Gasteiger charge is -2.28. The third kappa shape index (κ3) is 5.98. The van der Waals surface area contributed by atoms with Crippen molar-refractivity contribution in [2.45, 2.75) is 32.3 Å². The Balaban J connectivity index is 5.48. The summed E-state index contributed by atoms with van der Waals surface area (Å²) in [6.07, 6.45) is -2.66. The molecule has 0 aliphatic rings. The third-order valence-corrected chi connectivity index (χ3v) is 2.47. The first-order chi connectivity index (χ1) is 10.3. The van der Waals surface area contributed by atoms with Gasteiger partial charge >= 0.3 is 24.1 Å². The van der Waals surface area contributed by atoms with Crippen molar-refractivity contribution in [3.05, 3.63) is 0 Å². The van der Waals surface area contributed by atoms with E-state index in [1.807, 2.05) is 0 Å². The maximum atomic E-state index is 12.0. The van der Waals surface area contributed by atoms with Crippen LogP contribution >= 0.6 is 0 Å². The van der Waals surface area contributed by atoms with Crippen molar-refractivity contribution in [2.75, 3.05) is 27.4 Å². The molecular weight excluding hydrogens is 300 g/mol. The predicted molar refractivity (Wildman–Crippen MR) is 70.7 cm³/mol. The Bertz CT molecular complexity index is 396. The van der Waals surface area contributed by atoms with Crippen molar-refractivity contribution < 1.29 is 42.9 Å². The van der Waals surface area contributed by atoms with E-state index < -0.39 is 42.5 Å². The molecule has 0 aliphatic heterocycles. The van der Waals surface area contributed by atoms with Gasteiger partial charge in [-0.05, 0) is 13.8 Å². The van der Waals surface area contributed by atoms with Gasteiger partial charge in [0.05, 0.1) is 40.3 Å². The number of carbonyl (C=O) groups excluding carboxylic acids is 4. The molecular formula is C13H20O9. The number of hydrogen-bond donors (Lipinski definition) is 0. The predicted octanol–water partition coefficient (Wildman–Crippen LogP) is 0.588. The molecule has 0 heterocycles. The Morgan fingerprint density at radius 2 is 1.27 bits per heavy atom. The molecule has 22 heavy (non-hydrogen) atoms. The Kier molecular flexibility index (Phi) is 8.58. The van der Waals surface area contributed by atoms with E-state index in [1.54, 1.807) is 13.8 Å². The van der Waals surface area contributed by atoms with E-state index in [0.717, 1.165) is 14.2 Å². The van der Waals surface area contributed by atoms with Crippen LogP contribution in [0, 0.1) is 0 Å². The second kappa shape index (κ2) is 9.59. The molecule has 9 heteroatoms. The Morgan fingerprint density at radius 3 is 1.59 bits per heavy atom. The average molecular weight is 320 g/mol. The van der Waals surface area contributed by atoms with Crippen molar-refractivity contribution in [3.63, 3.8) is 0 Å². The van der Waals surface area contributed by atoms with E-state index in [2.05, 4.69) is 9.47 Å². The summed E-state index contributed by atoms with van der Waals surface area (Å²) < 4.78 is 23.1. The molecule has 0 bridgehead atoms. The highest BCUT2D eigenvalue weighted by Crippen LogP contribution is 2.25. The molecule has 0 aromatic heterocycles. The zero-order valence-corrected chi connectivity index (χ0v) is 13.0. The van der Waals surface area contributed by atoms with Gasteiger partial charge in [-0.1, -0.05) is 0 Å². The molecule has 0 aliphatic carbocycles. The number of carbonyl (C=O) groups is 4. The SMILES string of the molecule is CCOC(=O)CC(CC(=O)OCC)(OC(=O)OC)C(=O)OC. The number of methoxy groups -OCH3 is 2. The van der Waals surface area contributed by atoms with Crippen LogP contribution in [0.1, 0.15) is 26.7 Å². The Hall–Kier alpha value is -2.32. The Morgan fingerprint density at radius 1 is 0.818 bits per heavy atom. The second-order valence-electron chi connectivity index (χ2n) is 4.01. The van der Waals surface area contributed by atoms with Crippen LogP contribution in [0.2, 0.25) is 0 Å². The quantitative estimate of drug-likeness (QED) is 0.468. The monoisotopic (exact) mass is 320 g/mol. The largest absolute Gasteiger partial charge is 0.509 e. The van der Waals surface area contributed by atoms with Crippen molar-refractivity contribution in [2.24, 2.45) is 0 Å². The van der Waals surface area contributed by atoms with Gasteiger partial charge in [0.15, 0.2) is 0 Å². The molecule has 0 aromatic carbocycles. The first-order valence-corrected chi connectivity index (χ1v) is 6.51. The summed E-state index contributed by atoms with van der Waals surface area (Å²) in [5.41, 5.74) is -2.21. The molecule has 0 unspecified atom stereocenters. The van der Waals surface area contributed by atoms with Gasteiger partial charge in [0.1, 0.15) is 0 Å². The lowest BCUT2D eigenvalue weighted by atomic mass is 9.95. The molecule has 0 N–H and O–H groups in total. The van der Waals surface area contributed by atoms with Gasteiger partial charge in [0.25, 0.3) is 0 Å². The van der Waals surface area contributed by atoms with E-state index in [1.165, 1.54) is 0 Å². The topological polar surface area (TPSA) is 114 Å². The van der Waals surface area contributed by atoms with E-state index in [-0.39, 0.29) is 13.2 Å². The molecule has 0 rings (SSSR count). The normalized spacial score (nSPS) is 10.4. The first kappa shape index (κ1) is 19.7. The van der Waals surface area contributed by atoms with Crippen LogP contribution in [0.3, 0.4) is 0 Å². The van der Waals surface area contributed by atoms with Crippen LogP contribution in [0.15, 0.2) is 0 Å². The highest BCUT2D eigenvalue weighted by Gasteiger charge is 2.49. The lowest BCUT2D eigenvalue weighted by molar-refractivity contribution is -0.177. The summed E-state index contributed by atoms with van der Waals surface area (Å²) in [6.45, 7) is 3.22. The minimum absolute atomic E-state index is 0.0493. The molecule has 0 radical (unpaired) electrons. The molecule has 0 spiro atoms. The maximum Gasteiger partial charge on any atom is 0.509 e. The molecule has 0 saturated carbocycles. The molecule has 0 fully saturated rings. The smallest absolute Gasteiger partial charge is 0.466 e. The number of ether oxygens (including phenoxy) is 5. The highest BCUT2D eigenvalue weighted by atomic mass is 16.7. The second-order valence-corrected chi connectivity index (χ2v) is 4.01. The summed E-state index contributed by atoms with van der Waals surface area (Å²) in [4.78, 5) is 46.7. The van der Waals surface area contributed by atoms with Gasteiger partial charge in [-0.3, -0.25) is 9.59 Å². The van der Waals surface area contributed by atoms with Crippen LogP contribution in [0.25, 0.3) is 0 Å². The van der Waals surface area contributed by atoms with Gasteiger partial charge in [-0.15, -0.1) is 0 Å². The van der Waals surface area contributed by atoms with E-state index >= 15 is 0 Å². The fourth-order valence-corrected chi connectivity index (χ4v) is 1.60. The zero-order chi connectivity index (χ0) is 17.2. The number of rotatable bonds is 8. The van der Waals surface area contributed by atoms with Crippen LogP contribution in [-0.4, -0.2) is 57.1 Å². The van der Waals surface area contributed by atoms with Gasteiger partial charge < -0.3 is 23.7 Å². The van der Waals surface area contributed by atoms with E-state index in [0.29, 0.717) is 0 Å². The minimum Gasteiger partial charge on any atom is -0.466 e. The Labute approximate surface area is 127 Å². The van der Waals surface area contributed by atoms with E-state index in [4.69, 9.17) is 14.2 Å². The maximum absolute atomic E-state index is 12.0. The highest BCUT2D eigenvalue weighted by molar-refractivity contribution is 5.91. The summed E-state index contributed by atoms with van der Waals surface area (Å²) in [5, 5.41) is 0. The fraction of sp³-hybridized carbons (Fsp3) is 0.692. The zero-order valence-electron chi connectivity index (χ0n) is 13.0. The average Bonchev–Trinajstić information content (AvgIpc) is 2.46. The van der Waals surface area contributed by atoms with Gasteiger partial charge in [0, 0.05) is 0 Å². The molecule has 9 nitrogen and oxygen atoms in total. The molecule has 0 amide bonds. The standard InChI is InChI=1S/C13H20O9/c1-5-20-9(14)7-13(11(16)18-3,22-12(17)19-4)8-10(15)21-6-2/h5-8H2,1-4H3. The van der Waals surface area contributed by atoms with Crippen molar-refractivity contribution in [1.82, 2.24) is 0 Å². The van der Waals surface area contributed by atoms with Gasteiger partial charge in [-0.25, -0.2) is 9.59 Å². The summed E-state index contributed by atoms with van der Waals surface area (Å²) in [7, 11) is 2.03. The summed E-state index contributed by atoms with van der Waals surface area (Å²) >= 11 is 0. The van der Waals surface area contributed by atoms with Crippen molar-refractivity contribution in [3.8, 4) is 0 Å². The molecule has 0 aromatic rings. The summed E-state index contributed by atoms with van der Waals surface area (Å²) in [6, 6.07) is 0. The van der Waals surface area contributed by atoms with E-state index in [9.17, 15) is 19.2 Å². The van der Waals surface area contributed by atoms with Gasteiger partial charge in [-0.2, -0.15) is 0 Å².